The Kier molecular flexibility index (Phi) is 7.53. The van der Waals surface area contributed by atoms with Crippen LogP contribution in [0, 0.1) is 0 Å². The SMILES string of the molecule is COc1cccc(OCCNC(=O)C(C)N(c2ccc(Cl)cc2)S(C)(=O)=O)c1. The number of hydrogen-bond donors (Lipinski definition) is 1. The van der Waals surface area contributed by atoms with Crippen molar-refractivity contribution in [2.75, 3.05) is 30.8 Å². The Hall–Kier alpha value is -2.45. The monoisotopic (exact) mass is 426 g/mol. The largest absolute Gasteiger partial charge is 0.497 e. The highest BCUT2D eigenvalue weighted by Gasteiger charge is 2.28. The number of nitrogens with one attached hydrogen (secondary N) is 1. The van der Waals surface area contributed by atoms with Crippen LogP contribution in [0.1, 0.15) is 6.92 Å². The van der Waals surface area contributed by atoms with E-state index in [2.05, 4.69) is 5.32 Å². The minimum absolute atomic E-state index is 0.221. The number of carbonyl (C=O) groups excluding carboxylic acids is 1. The molecule has 2 aromatic carbocycles. The maximum atomic E-state index is 12.5. The number of amides is 1. The molecule has 1 N–H and O–H groups in total. The number of anilines is 1. The Balaban J connectivity index is 1.96. The van der Waals surface area contributed by atoms with Gasteiger partial charge in [-0.25, -0.2) is 8.42 Å². The molecule has 0 bridgehead atoms. The topological polar surface area (TPSA) is 84.9 Å². The van der Waals surface area contributed by atoms with Crippen LogP contribution in [0.2, 0.25) is 5.02 Å². The second-order valence-electron chi connectivity index (χ2n) is 6.03. The van der Waals surface area contributed by atoms with Crippen molar-refractivity contribution in [1.82, 2.24) is 5.32 Å². The fourth-order valence-corrected chi connectivity index (χ4v) is 3.88. The van der Waals surface area contributed by atoms with E-state index < -0.39 is 22.0 Å². The van der Waals surface area contributed by atoms with E-state index in [0.717, 1.165) is 10.6 Å². The molecule has 1 unspecified atom stereocenters. The van der Waals surface area contributed by atoms with Crippen LogP contribution in [0.25, 0.3) is 0 Å². The molecular weight excluding hydrogens is 404 g/mol. The molecule has 0 aliphatic rings. The molecule has 0 saturated carbocycles. The Morgan fingerprint density at radius 2 is 1.82 bits per heavy atom. The number of carbonyl (C=O) groups is 1. The first-order valence-corrected chi connectivity index (χ1v) is 10.7. The van der Waals surface area contributed by atoms with Gasteiger partial charge in [-0.1, -0.05) is 17.7 Å². The van der Waals surface area contributed by atoms with Gasteiger partial charge in [-0.2, -0.15) is 0 Å². The first-order valence-electron chi connectivity index (χ1n) is 8.52. The zero-order valence-electron chi connectivity index (χ0n) is 15.9. The van der Waals surface area contributed by atoms with Crippen LogP contribution in [0.5, 0.6) is 11.5 Å². The molecule has 0 aromatic heterocycles. The van der Waals surface area contributed by atoms with Gasteiger partial charge in [0.1, 0.15) is 24.1 Å². The van der Waals surface area contributed by atoms with E-state index in [-0.39, 0.29) is 13.2 Å². The van der Waals surface area contributed by atoms with E-state index in [1.54, 1.807) is 55.6 Å². The van der Waals surface area contributed by atoms with Crippen LogP contribution in [-0.4, -0.2) is 46.9 Å². The van der Waals surface area contributed by atoms with Gasteiger partial charge in [0.05, 0.1) is 25.6 Å². The Morgan fingerprint density at radius 3 is 2.43 bits per heavy atom. The van der Waals surface area contributed by atoms with Gasteiger partial charge in [-0.3, -0.25) is 9.10 Å². The third-order valence-corrected chi connectivity index (χ3v) is 5.37. The van der Waals surface area contributed by atoms with Gasteiger partial charge in [0.15, 0.2) is 0 Å². The van der Waals surface area contributed by atoms with E-state index in [9.17, 15) is 13.2 Å². The molecule has 1 amide bonds. The van der Waals surface area contributed by atoms with Crippen molar-refractivity contribution >= 4 is 33.2 Å². The fourth-order valence-electron chi connectivity index (χ4n) is 2.58. The van der Waals surface area contributed by atoms with E-state index in [1.165, 1.54) is 6.92 Å². The van der Waals surface area contributed by atoms with Gasteiger partial charge >= 0.3 is 0 Å². The van der Waals surface area contributed by atoms with Gasteiger partial charge in [-0.15, -0.1) is 0 Å². The molecule has 0 radical (unpaired) electrons. The van der Waals surface area contributed by atoms with Crippen LogP contribution in [0.3, 0.4) is 0 Å². The number of nitrogens with zero attached hydrogens (tertiary/aromatic N) is 1. The minimum atomic E-state index is -3.67. The molecule has 9 heteroatoms. The Bertz CT molecular complexity index is 903. The van der Waals surface area contributed by atoms with Crippen molar-refractivity contribution in [3.8, 4) is 11.5 Å². The third-order valence-electron chi connectivity index (χ3n) is 3.88. The summed E-state index contributed by atoms with van der Waals surface area (Å²) in [6, 6.07) is 12.4. The van der Waals surface area contributed by atoms with E-state index in [0.29, 0.717) is 22.2 Å². The van der Waals surface area contributed by atoms with Crippen molar-refractivity contribution in [1.29, 1.82) is 0 Å². The number of ether oxygens (including phenoxy) is 2. The summed E-state index contributed by atoms with van der Waals surface area (Å²) in [4.78, 5) is 12.5. The number of benzene rings is 2. The number of halogens is 1. The lowest BCUT2D eigenvalue weighted by Gasteiger charge is -2.28. The van der Waals surface area contributed by atoms with E-state index in [4.69, 9.17) is 21.1 Å². The van der Waals surface area contributed by atoms with Crippen LogP contribution in [-0.2, 0) is 14.8 Å². The Morgan fingerprint density at radius 1 is 1.18 bits per heavy atom. The quantitative estimate of drug-likeness (QED) is 0.623. The standard InChI is InChI=1S/C19H23ClN2O5S/c1-14(22(28(3,24)25)16-9-7-15(20)8-10-16)19(23)21-11-12-27-18-6-4-5-17(13-18)26-2/h4-10,13-14H,11-12H2,1-3H3,(H,21,23). The second-order valence-corrected chi connectivity index (χ2v) is 8.33. The predicted octanol–water partition coefficient (Wildman–Crippen LogP) is 2.70. The molecule has 2 rings (SSSR count). The van der Waals surface area contributed by atoms with Gasteiger partial charge in [0.25, 0.3) is 0 Å². The molecule has 2 aromatic rings. The molecule has 0 saturated heterocycles. The average Bonchev–Trinajstić information content (AvgIpc) is 2.65. The number of methoxy groups -OCH3 is 1. The lowest BCUT2D eigenvalue weighted by atomic mass is 10.2. The van der Waals surface area contributed by atoms with Crippen molar-refractivity contribution in [2.45, 2.75) is 13.0 Å². The van der Waals surface area contributed by atoms with E-state index >= 15 is 0 Å². The summed E-state index contributed by atoms with van der Waals surface area (Å²) in [6.45, 7) is 1.97. The number of hydrogen-bond acceptors (Lipinski definition) is 5. The number of sulfonamides is 1. The first kappa shape index (κ1) is 21.8. The summed E-state index contributed by atoms with van der Waals surface area (Å²) in [5, 5.41) is 3.16. The predicted molar refractivity (Wildman–Crippen MR) is 110 cm³/mol. The lowest BCUT2D eigenvalue weighted by Crippen LogP contribution is -2.48. The smallest absolute Gasteiger partial charge is 0.243 e. The molecule has 0 aliphatic carbocycles. The first-order chi connectivity index (χ1) is 13.2. The van der Waals surface area contributed by atoms with Gasteiger partial charge in [0, 0.05) is 11.1 Å². The average molecular weight is 427 g/mol. The third kappa shape index (κ3) is 6.03. The van der Waals surface area contributed by atoms with E-state index in [1.807, 2.05) is 0 Å². The summed E-state index contributed by atoms with van der Waals surface area (Å²) in [5.74, 6) is 0.845. The van der Waals surface area contributed by atoms with Crippen LogP contribution < -0.4 is 19.1 Å². The van der Waals surface area contributed by atoms with Crippen molar-refractivity contribution in [3.05, 3.63) is 53.6 Å². The summed E-state index contributed by atoms with van der Waals surface area (Å²) in [5.41, 5.74) is 0.363. The van der Waals surface area contributed by atoms with Crippen molar-refractivity contribution in [3.63, 3.8) is 0 Å². The van der Waals surface area contributed by atoms with Crippen molar-refractivity contribution < 1.29 is 22.7 Å². The molecule has 0 aliphatic heterocycles. The zero-order chi connectivity index (χ0) is 20.7. The summed E-state index contributed by atoms with van der Waals surface area (Å²) in [6.07, 6.45) is 1.05. The van der Waals surface area contributed by atoms with Gasteiger partial charge in [0.2, 0.25) is 15.9 Å². The maximum Gasteiger partial charge on any atom is 0.243 e. The second kappa shape index (κ2) is 9.66. The normalized spacial score (nSPS) is 12.1. The minimum Gasteiger partial charge on any atom is -0.497 e. The number of rotatable bonds is 9. The molecule has 28 heavy (non-hydrogen) atoms. The highest BCUT2D eigenvalue weighted by Crippen LogP contribution is 2.23. The molecule has 7 nitrogen and oxygen atoms in total. The summed E-state index contributed by atoms with van der Waals surface area (Å²) < 4.78 is 36.2. The molecule has 0 fully saturated rings. The lowest BCUT2D eigenvalue weighted by molar-refractivity contribution is -0.121. The molecule has 0 heterocycles. The zero-order valence-corrected chi connectivity index (χ0v) is 17.5. The molecule has 0 spiro atoms. The van der Waals surface area contributed by atoms with Crippen LogP contribution >= 0.6 is 11.6 Å². The molecule has 152 valence electrons. The maximum absolute atomic E-state index is 12.5. The van der Waals surface area contributed by atoms with Crippen LogP contribution in [0.15, 0.2) is 48.5 Å². The highest BCUT2D eigenvalue weighted by atomic mass is 35.5. The van der Waals surface area contributed by atoms with Gasteiger partial charge in [-0.05, 0) is 43.3 Å². The highest BCUT2D eigenvalue weighted by molar-refractivity contribution is 7.92. The van der Waals surface area contributed by atoms with Crippen LogP contribution in [0.4, 0.5) is 5.69 Å². The fraction of sp³-hybridized carbons (Fsp3) is 0.316. The van der Waals surface area contributed by atoms with Crippen molar-refractivity contribution in [2.24, 2.45) is 0 Å². The molecule has 1 atom stereocenters. The molecular formula is C19H23ClN2O5S. The summed E-state index contributed by atoms with van der Waals surface area (Å²) >= 11 is 5.86. The van der Waals surface area contributed by atoms with Gasteiger partial charge < -0.3 is 14.8 Å². The Labute approximate surface area is 170 Å². The summed E-state index contributed by atoms with van der Waals surface area (Å²) in [7, 11) is -2.11.